The van der Waals surface area contributed by atoms with E-state index in [-0.39, 0.29) is 12.5 Å². The Labute approximate surface area is 123 Å². The first-order valence-electron chi connectivity index (χ1n) is 6.42. The number of carbonyl (C=O) groups is 1. The minimum absolute atomic E-state index is 0.0556. The van der Waals surface area contributed by atoms with Crippen LogP contribution in [0.25, 0.3) is 0 Å². The number of carbonyl (C=O) groups excluding carboxylic acids is 1. The van der Waals surface area contributed by atoms with Gasteiger partial charge in [-0.25, -0.2) is 0 Å². The summed E-state index contributed by atoms with van der Waals surface area (Å²) in [5.74, 6) is -4.05. The molecular weight excluding hydrogens is 321 g/mol. The molecule has 22 heavy (non-hydrogen) atoms. The molecule has 0 saturated carbocycles. The summed E-state index contributed by atoms with van der Waals surface area (Å²) in [6.45, 7) is 0.897. The molecule has 2 nitrogen and oxygen atoms in total. The van der Waals surface area contributed by atoms with E-state index in [4.69, 9.17) is 0 Å². The fourth-order valence-corrected chi connectivity index (χ4v) is 2.00. The van der Waals surface area contributed by atoms with Crippen molar-refractivity contribution in [3.05, 3.63) is 11.8 Å². The summed E-state index contributed by atoms with van der Waals surface area (Å²) in [5, 5.41) is 0. The van der Waals surface area contributed by atoms with Gasteiger partial charge in [-0.3, -0.25) is 9.18 Å². The highest BCUT2D eigenvalue weighted by molar-refractivity contribution is 5.92. The maximum absolute atomic E-state index is 13.1. The predicted octanol–water partition coefficient (Wildman–Crippen LogP) is 4.60. The molecule has 0 spiro atoms. The van der Waals surface area contributed by atoms with E-state index < -0.39 is 48.3 Å². The number of halogens is 7. The van der Waals surface area contributed by atoms with Crippen LogP contribution >= 0.6 is 0 Å². The van der Waals surface area contributed by atoms with E-state index in [1.165, 1.54) is 6.92 Å². The minimum Gasteiger partial charge on any atom is -0.500 e. The summed E-state index contributed by atoms with van der Waals surface area (Å²) in [6.07, 6.45) is -12.8. The first-order valence-corrected chi connectivity index (χ1v) is 6.42. The van der Waals surface area contributed by atoms with Crippen LogP contribution in [0.3, 0.4) is 0 Å². The van der Waals surface area contributed by atoms with Crippen molar-refractivity contribution in [3.63, 3.8) is 0 Å². The summed E-state index contributed by atoms with van der Waals surface area (Å²) >= 11 is 0. The van der Waals surface area contributed by atoms with Crippen LogP contribution in [0, 0.1) is 11.3 Å². The normalized spacial score (nSPS) is 15.6. The highest BCUT2D eigenvalue weighted by atomic mass is 19.4. The van der Waals surface area contributed by atoms with E-state index in [1.807, 2.05) is 0 Å². The number of methoxy groups -OCH3 is 1. The van der Waals surface area contributed by atoms with Crippen molar-refractivity contribution in [3.8, 4) is 0 Å². The molecule has 0 aliphatic rings. The standard InChI is InChI=1S/C13H17F7O2/c1-4-8(7-14)9(21)6-10(22-3)11(5-2,12(15,16)17)13(18,19)20/h6,8H,4-5,7H2,1-3H3/b10-6-. The van der Waals surface area contributed by atoms with E-state index in [1.54, 1.807) is 0 Å². The molecule has 0 rings (SSSR count). The number of ketones is 1. The SMILES string of the molecule is CCC(CF)C(=O)/C=C(\OC)C(CC)(C(F)(F)F)C(F)(F)F. The highest BCUT2D eigenvalue weighted by Gasteiger charge is 2.72. The Bertz CT molecular complexity index is 392. The average molecular weight is 338 g/mol. The van der Waals surface area contributed by atoms with Crippen LogP contribution < -0.4 is 0 Å². The van der Waals surface area contributed by atoms with Crippen molar-refractivity contribution >= 4 is 5.78 Å². The lowest BCUT2D eigenvalue weighted by Crippen LogP contribution is -2.51. The Balaban J connectivity index is 6.16. The summed E-state index contributed by atoms with van der Waals surface area (Å²) in [7, 11) is 0.609. The first kappa shape index (κ1) is 20.7. The van der Waals surface area contributed by atoms with Crippen molar-refractivity contribution in [2.45, 2.75) is 39.0 Å². The highest BCUT2D eigenvalue weighted by Crippen LogP contribution is 2.57. The van der Waals surface area contributed by atoms with Gasteiger partial charge in [0.25, 0.3) is 0 Å². The van der Waals surface area contributed by atoms with Gasteiger partial charge in [0.1, 0.15) is 5.76 Å². The number of hydrogen-bond donors (Lipinski definition) is 0. The van der Waals surface area contributed by atoms with Crippen LogP contribution in [0.15, 0.2) is 11.8 Å². The van der Waals surface area contributed by atoms with E-state index in [9.17, 15) is 35.5 Å². The smallest absolute Gasteiger partial charge is 0.410 e. The van der Waals surface area contributed by atoms with Gasteiger partial charge in [-0.1, -0.05) is 13.8 Å². The van der Waals surface area contributed by atoms with Crippen LogP contribution in [0.5, 0.6) is 0 Å². The number of hydrogen-bond acceptors (Lipinski definition) is 2. The molecule has 0 aromatic heterocycles. The fraction of sp³-hybridized carbons (Fsp3) is 0.769. The maximum Gasteiger partial charge on any atom is 0.410 e. The summed E-state index contributed by atoms with van der Waals surface area (Å²) in [4.78, 5) is 11.7. The van der Waals surface area contributed by atoms with Gasteiger partial charge >= 0.3 is 12.4 Å². The second-order valence-corrected chi connectivity index (χ2v) is 4.63. The zero-order valence-corrected chi connectivity index (χ0v) is 12.2. The lowest BCUT2D eigenvalue weighted by atomic mass is 9.80. The molecule has 0 heterocycles. The monoisotopic (exact) mass is 338 g/mol. The quantitative estimate of drug-likeness (QED) is 0.385. The Morgan fingerprint density at radius 1 is 1.09 bits per heavy atom. The molecular formula is C13H17F7O2. The van der Waals surface area contributed by atoms with Crippen LogP contribution in [0.4, 0.5) is 30.7 Å². The predicted molar refractivity (Wildman–Crippen MR) is 64.7 cm³/mol. The van der Waals surface area contributed by atoms with Crippen molar-refractivity contribution in [2.75, 3.05) is 13.8 Å². The summed E-state index contributed by atoms with van der Waals surface area (Å²) < 4.78 is 95.4. The molecule has 0 saturated heterocycles. The Hall–Kier alpha value is -1.28. The Kier molecular flexibility index (Phi) is 6.90. The molecule has 0 bridgehead atoms. The van der Waals surface area contributed by atoms with E-state index in [0.29, 0.717) is 14.0 Å². The van der Waals surface area contributed by atoms with Crippen molar-refractivity contribution < 1.29 is 40.3 Å². The molecule has 0 N–H and O–H groups in total. The van der Waals surface area contributed by atoms with E-state index >= 15 is 0 Å². The molecule has 0 amide bonds. The van der Waals surface area contributed by atoms with Gasteiger partial charge in [-0.2, -0.15) is 26.3 Å². The molecule has 1 atom stereocenters. The zero-order chi connectivity index (χ0) is 17.8. The third kappa shape index (κ3) is 3.73. The zero-order valence-electron chi connectivity index (χ0n) is 12.2. The van der Waals surface area contributed by atoms with Crippen LogP contribution in [-0.2, 0) is 9.53 Å². The summed E-state index contributed by atoms with van der Waals surface area (Å²) in [6, 6.07) is 0. The topological polar surface area (TPSA) is 26.3 Å². The second kappa shape index (κ2) is 7.32. The van der Waals surface area contributed by atoms with Gasteiger partial charge in [0.15, 0.2) is 5.78 Å². The average Bonchev–Trinajstić information content (AvgIpc) is 2.36. The van der Waals surface area contributed by atoms with Gasteiger partial charge < -0.3 is 4.74 Å². The molecule has 0 aromatic rings. The lowest BCUT2D eigenvalue weighted by molar-refractivity contribution is -0.335. The van der Waals surface area contributed by atoms with Crippen LogP contribution in [0.1, 0.15) is 26.7 Å². The fourth-order valence-electron chi connectivity index (χ4n) is 2.00. The lowest BCUT2D eigenvalue weighted by Gasteiger charge is -2.37. The second-order valence-electron chi connectivity index (χ2n) is 4.63. The first-order chi connectivity index (χ1) is 9.92. The molecule has 0 aliphatic heterocycles. The number of allylic oxidation sites excluding steroid dienone is 2. The molecule has 130 valence electrons. The van der Waals surface area contributed by atoms with Gasteiger partial charge in [0, 0.05) is 6.08 Å². The van der Waals surface area contributed by atoms with Crippen LogP contribution in [0.2, 0.25) is 0 Å². The molecule has 0 aliphatic carbocycles. The van der Waals surface area contributed by atoms with Crippen LogP contribution in [-0.4, -0.2) is 31.9 Å². The van der Waals surface area contributed by atoms with Crippen molar-refractivity contribution in [1.29, 1.82) is 0 Å². The van der Waals surface area contributed by atoms with Gasteiger partial charge in [0.05, 0.1) is 19.7 Å². The van der Waals surface area contributed by atoms with E-state index in [2.05, 4.69) is 4.74 Å². The van der Waals surface area contributed by atoms with E-state index in [0.717, 1.165) is 0 Å². The molecule has 0 aromatic carbocycles. The maximum atomic E-state index is 13.1. The number of rotatable bonds is 7. The molecule has 1 unspecified atom stereocenters. The number of ether oxygens (including phenoxy) is 1. The van der Waals surface area contributed by atoms with Gasteiger partial charge in [-0.15, -0.1) is 0 Å². The van der Waals surface area contributed by atoms with Crippen molar-refractivity contribution in [1.82, 2.24) is 0 Å². The molecule has 0 fully saturated rings. The number of alkyl halides is 7. The third-order valence-corrected chi connectivity index (χ3v) is 3.49. The Morgan fingerprint density at radius 3 is 1.77 bits per heavy atom. The Morgan fingerprint density at radius 2 is 1.55 bits per heavy atom. The van der Waals surface area contributed by atoms with Crippen molar-refractivity contribution in [2.24, 2.45) is 11.3 Å². The van der Waals surface area contributed by atoms with Gasteiger partial charge in [0.2, 0.25) is 5.41 Å². The molecule has 0 radical (unpaired) electrons. The third-order valence-electron chi connectivity index (χ3n) is 3.49. The molecule has 9 heteroatoms. The van der Waals surface area contributed by atoms with Gasteiger partial charge in [-0.05, 0) is 12.8 Å². The summed E-state index contributed by atoms with van der Waals surface area (Å²) in [5.41, 5.74) is -4.31. The minimum atomic E-state index is -5.72. The largest absolute Gasteiger partial charge is 0.500 e.